The SMILES string of the molecule is NC(=O)CCc1nc(-c2ccccc2F)no1. The van der Waals surface area contributed by atoms with E-state index in [4.69, 9.17) is 10.3 Å². The minimum Gasteiger partial charge on any atom is -0.370 e. The van der Waals surface area contributed by atoms with Crippen LogP contribution in [0.4, 0.5) is 4.39 Å². The summed E-state index contributed by atoms with van der Waals surface area (Å²) in [5, 5.41) is 3.65. The molecule has 0 unspecified atom stereocenters. The van der Waals surface area contributed by atoms with Crippen LogP contribution in [0.3, 0.4) is 0 Å². The Kier molecular flexibility index (Phi) is 3.13. The normalized spacial score (nSPS) is 10.4. The highest BCUT2D eigenvalue weighted by Gasteiger charge is 2.12. The molecule has 6 heteroatoms. The molecule has 2 N–H and O–H groups in total. The van der Waals surface area contributed by atoms with E-state index in [1.165, 1.54) is 6.07 Å². The molecule has 0 aliphatic carbocycles. The number of nitrogens with zero attached hydrogens (tertiary/aromatic N) is 2. The third-order valence-electron chi connectivity index (χ3n) is 2.17. The topological polar surface area (TPSA) is 82.0 Å². The van der Waals surface area contributed by atoms with Crippen LogP contribution in [0, 0.1) is 5.82 Å². The van der Waals surface area contributed by atoms with Gasteiger partial charge in [0.15, 0.2) is 0 Å². The van der Waals surface area contributed by atoms with Gasteiger partial charge in [0.1, 0.15) is 5.82 Å². The predicted molar refractivity (Wildman–Crippen MR) is 57.2 cm³/mol. The van der Waals surface area contributed by atoms with E-state index in [0.717, 1.165) is 0 Å². The summed E-state index contributed by atoms with van der Waals surface area (Å²) in [5.74, 6) is -0.435. The Morgan fingerprint density at radius 2 is 2.18 bits per heavy atom. The number of aryl methyl sites for hydroxylation is 1. The Bertz CT molecular complexity index is 539. The molecule has 1 aromatic heterocycles. The van der Waals surface area contributed by atoms with Crippen molar-refractivity contribution in [2.75, 3.05) is 0 Å². The maximum atomic E-state index is 13.4. The molecule has 2 rings (SSSR count). The van der Waals surface area contributed by atoms with Gasteiger partial charge in [-0.25, -0.2) is 4.39 Å². The van der Waals surface area contributed by atoms with E-state index in [1.807, 2.05) is 0 Å². The molecule has 0 aliphatic heterocycles. The quantitative estimate of drug-likeness (QED) is 0.865. The molecule has 88 valence electrons. The Balaban J connectivity index is 2.18. The molecular formula is C11H10FN3O2. The molecule has 0 aliphatic rings. The van der Waals surface area contributed by atoms with Gasteiger partial charge < -0.3 is 10.3 Å². The standard InChI is InChI=1S/C11H10FN3O2/c12-8-4-2-1-3-7(8)11-14-10(17-15-11)6-5-9(13)16/h1-4H,5-6H2,(H2,13,16). The number of nitrogens with two attached hydrogens (primary N) is 1. The van der Waals surface area contributed by atoms with Crippen LogP contribution in [0.2, 0.25) is 0 Å². The largest absolute Gasteiger partial charge is 0.370 e. The lowest BCUT2D eigenvalue weighted by Crippen LogP contribution is -2.11. The van der Waals surface area contributed by atoms with Crippen LogP contribution in [-0.4, -0.2) is 16.0 Å². The van der Waals surface area contributed by atoms with Crippen LogP contribution in [0.1, 0.15) is 12.3 Å². The number of aromatic nitrogens is 2. The third kappa shape index (κ3) is 2.66. The van der Waals surface area contributed by atoms with Crippen molar-refractivity contribution in [3.63, 3.8) is 0 Å². The zero-order valence-electron chi connectivity index (χ0n) is 8.89. The number of hydrogen-bond donors (Lipinski definition) is 1. The van der Waals surface area contributed by atoms with Crippen molar-refractivity contribution in [3.8, 4) is 11.4 Å². The molecule has 0 atom stereocenters. The van der Waals surface area contributed by atoms with E-state index in [0.29, 0.717) is 0 Å². The van der Waals surface area contributed by atoms with Gasteiger partial charge in [0.2, 0.25) is 17.6 Å². The van der Waals surface area contributed by atoms with Crippen molar-refractivity contribution in [2.45, 2.75) is 12.8 Å². The van der Waals surface area contributed by atoms with Crippen molar-refractivity contribution < 1.29 is 13.7 Å². The highest BCUT2D eigenvalue weighted by atomic mass is 19.1. The molecule has 5 nitrogen and oxygen atoms in total. The maximum Gasteiger partial charge on any atom is 0.227 e. The van der Waals surface area contributed by atoms with E-state index in [1.54, 1.807) is 18.2 Å². The van der Waals surface area contributed by atoms with Crippen molar-refractivity contribution in [3.05, 3.63) is 36.0 Å². The average Bonchev–Trinajstić information content (AvgIpc) is 2.75. The van der Waals surface area contributed by atoms with Gasteiger partial charge in [-0.05, 0) is 12.1 Å². The van der Waals surface area contributed by atoms with Gasteiger partial charge in [0.05, 0.1) is 5.56 Å². The first-order chi connectivity index (χ1) is 8.16. The van der Waals surface area contributed by atoms with E-state index in [-0.39, 0.29) is 30.1 Å². The van der Waals surface area contributed by atoms with Gasteiger partial charge in [-0.15, -0.1) is 0 Å². The molecule has 1 amide bonds. The van der Waals surface area contributed by atoms with Gasteiger partial charge in [-0.2, -0.15) is 4.98 Å². The first-order valence-corrected chi connectivity index (χ1v) is 5.02. The van der Waals surface area contributed by atoms with Gasteiger partial charge in [0, 0.05) is 12.8 Å². The van der Waals surface area contributed by atoms with Crippen LogP contribution in [-0.2, 0) is 11.2 Å². The van der Waals surface area contributed by atoms with Crippen molar-refractivity contribution >= 4 is 5.91 Å². The predicted octanol–water partition coefficient (Wildman–Crippen LogP) is 1.29. The van der Waals surface area contributed by atoms with E-state index in [2.05, 4.69) is 10.1 Å². The summed E-state index contributed by atoms with van der Waals surface area (Å²) >= 11 is 0. The second-order valence-corrected chi connectivity index (χ2v) is 3.46. The molecule has 0 saturated heterocycles. The zero-order valence-corrected chi connectivity index (χ0v) is 8.89. The van der Waals surface area contributed by atoms with Gasteiger partial charge in [-0.1, -0.05) is 17.3 Å². The molecule has 17 heavy (non-hydrogen) atoms. The molecular weight excluding hydrogens is 225 g/mol. The lowest BCUT2D eigenvalue weighted by Gasteiger charge is -1.94. The fraction of sp³-hybridized carbons (Fsp3) is 0.182. The molecule has 0 saturated carbocycles. The summed E-state index contributed by atoms with van der Waals surface area (Å²) in [6, 6.07) is 6.12. The number of rotatable bonds is 4. The second-order valence-electron chi connectivity index (χ2n) is 3.46. The number of primary amides is 1. The van der Waals surface area contributed by atoms with Crippen LogP contribution in [0.15, 0.2) is 28.8 Å². The average molecular weight is 235 g/mol. The second kappa shape index (κ2) is 4.73. The highest BCUT2D eigenvalue weighted by Crippen LogP contribution is 2.19. The lowest BCUT2D eigenvalue weighted by atomic mass is 10.2. The first kappa shape index (κ1) is 11.3. The van der Waals surface area contributed by atoms with Crippen LogP contribution >= 0.6 is 0 Å². The summed E-state index contributed by atoms with van der Waals surface area (Å²) < 4.78 is 18.3. The van der Waals surface area contributed by atoms with Crippen LogP contribution in [0.25, 0.3) is 11.4 Å². The van der Waals surface area contributed by atoms with Crippen molar-refractivity contribution in [1.82, 2.24) is 10.1 Å². The van der Waals surface area contributed by atoms with E-state index < -0.39 is 11.7 Å². The van der Waals surface area contributed by atoms with Crippen molar-refractivity contribution in [2.24, 2.45) is 5.73 Å². The smallest absolute Gasteiger partial charge is 0.227 e. The number of benzene rings is 1. The molecule has 0 spiro atoms. The number of hydrogen-bond acceptors (Lipinski definition) is 4. The summed E-state index contributed by atoms with van der Waals surface area (Å²) in [4.78, 5) is 14.6. The zero-order chi connectivity index (χ0) is 12.3. The summed E-state index contributed by atoms with van der Waals surface area (Å²) in [5.41, 5.74) is 5.26. The molecule has 0 fully saturated rings. The van der Waals surface area contributed by atoms with Crippen LogP contribution in [0.5, 0.6) is 0 Å². The molecule has 0 radical (unpaired) electrons. The molecule has 0 bridgehead atoms. The Labute approximate surface area is 96.4 Å². The minimum atomic E-state index is -0.448. The minimum absolute atomic E-state index is 0.124. The number of amides is 1. The molecule has 2 aromatic rings. The van der Waals surface area contributed by atoms with Gasteiger partial charge >= 0.3 is 0 Å². The fourth-order valence-corrected chi connectivity index (χ4v) is 1.34. The number of carbonyl (C=O) groups excluding carboxylic acids is 1. The molecule has 1 aromatic carbocycles. The Morgan fingerprint density at radius 1 is 1.41 bits per heavy atom. The Hall–Kier alpha value is -2.24. The number of halogens is 1. The molecule has 1 heterocycles. The third-order valence-corrected chi connectivity index (χ3v) is 2.17. The van der Waals surface area contributed by atoms with Crippen molar-refractivity contribution in [1.29, 1.82) is 0 Å². The maximum absolute atomic E-state index is 13.4. The fourth-order valence-electron chi connectivity index (χ4n) is 1.34. The van der Waals surface area contributed by atoms with Gasteiger partial charge in [-0.3, -0.25) is 4.79 Å². The summed E-state index contributed by atoms with van der Waals surface area (Å²) in [6.45, 7) is 0. The van der Waals surface area contributed by atoms with E-state index in [9.17, 15) is 9.18 Å². The van der Waals surface area contributed by atoms with E-state index >= 15 is 0 Å². The lowest BCUT2D eigenvalue weighted by molar-refractivity contribution is -0.118. The highest BCUT2D eigenvalue weighted by molar-refractivity contribution is 5.73. The number of carbonyl (C=O) groups is 1. The summed E-state index contributed by atoms with van der Waals surface area (Å²) in [6.07, 6.45) is 0.385. The van der Waals surface area contributed by atoms with Crippen LogP contribution < -0.4 is 5.73 Å². The first-order valence-electron chi connectivity index (χ1n) is 5.02. The van der Waals surface area contributed by atoms with Gasteiger partial charge in [0.25, 0.3) is 0 Å². The summed E-state index contributed by atoms with van der Waals surface area (Å²) in [7, 11) is 0. The Morgan fingerprint density at radius 3 is 2.88 bits per heavy atom. The monoisotopic (exact) mass is 235 g/mol.